The molecule has 3 rings (SSSR count). The largest absolute Gasteiger partial charge is 0.465 e. The fourth-order valence-corrected chi connectivity index (χ4v) is 3.29. The lowest BCUT2D eigenvalue weighted by molar-refractivity contribution is -0.128. The minimum atomic E-state index is -0.477. The van der Waals surface area contributed by atoms with Crippen LogP contribution < -0.4 is 5.32 Å². The molecule has 2 heterocycles. The molecule has 26 heavy (non-hydrogen) atoms. The summed E-state index contributed by atoms with van der Waals surface area (Å²) in [5.74, 6) is -0.234. The van der Waals surface area contributed by atoms with Crippen molar-refractivity contribution >= 4 is 41.1 Å². The van der Waals surface area contributed by atoms with Crippen molar-refractivity contribution in [2.75, 3.05) is 13.1 Å². The number of carbonyl (C=O) groups excluding carboxylic acids is 2. The van der Waals surface area contributed by atoms with Gasteiger partial charge in [-0.1, -0.05) is 23.2 Å². The number of amides is 2. The molecule has 136 valence electrons. The number of carbonyl (C=O) groups is 2. The van der Waals surface area contributed by atoms with Crippen LogP contribution in [-0.2, 0) is 4.79 Å². The second kappa shape index (κ2) is 8.43. The average Bonchev–Trinajstić information content (AvgIpc) is 3.14. The topological polar surface area (TPSA) is 62.6 Å². The quantitative estimate of drug-likeness (QED) is 0.785. The van der Waals surface area contributed by atoms with Gasteiger partial charge in [-0.15, -0.1) is 0 Å². The van der Waals surface area contributed by atoms with Crippen molar-refractivity contribution in [2.24, 2.45) is 0 Å². The molecule has 1 aliphatic heterocycles. The van der Waals surface area contributed by atoms with Gasteiger partial charge in [0, 0.05) is 24.2 Å². The van der Waals surface area contributed by atoms with Crippen molar-refractivity contribution in [2.45, 2.75) is 19.3 Å². The Hall–Kier alpha value is -2.24. The van der Waals surface area contributed by atoms with E-state index in [0.29, 0.717) is 23.9 Å². The molecule has 1 saturated heterocycles. The van der Waals surface area contributed by atoms with Crippen molar-refractivity contribution < 1.29 is 14.0 Å². The third-order valence-corrected chi connectivity index (χ3v) is 4.68. The van der Waals surface area contributed by atoms with Crippen LogP contribution in [0.3, 0.4) is 0 Å². The Morgan fingerprint density at radius 2 is 1.88 bits per heavy atom. The summed E-state index contributed by atoms with van der Waals surface area (Å²) in [6.07, 6.45) is 6.05. The summed E-state index contributed by atoms with van der Waals surface area (Å²) in [4.78, 5) is 27.2. The van der Waals surface area contributed by atoms with Gasteiger partial charge in [0.05, 0.1) is 16.8 Å². The SMILES string of the molecule is O=C(N/C(=C\c1ccco1)C(=O)N1CCCCC1)c1ccc(Cl)cc1Cl. The van der Waals surface area contributed by atoms with Gasteiger partial charge in [0.1, 0.15) is 11.5 Å². The lowest BCUT2D eigenvalue weighted by atomic mass is 10.1. The highest BCUT2D eigenvalue weighted by molar-refractivity contribution is 6.36. The monoisotopic (exact) mass is 392 g/mol. The van der Waals surface area contributed by atoms with E-state index in [9.17, 15) is 9.59 Å². The fourth-order valence-electron chi connectivity index (χ4n) is 2.80. The summed E-state index contributed by atoms with van der Waals surface area (Å²) in [6.45, 7) is 1.35. The number of likely N-dealkylation sites (tertiary alicyclic amines) is 1. The van der Waals surface area contributed by atoms with Gasteiger partial charge in [-0.25, -0.2) is 0 Å². The van der Waals surface area contributed by atoms with E-state index in [2.05, 4.69) is 5.32 Å². The minimum absolute atomic E-state index is 0.151. The van der Waals surface area contributed by atoms with Gasteiger partial charge in [0.15, 0.2) is 0 Å². The predicted molar refractivity (Wildman–Crippen MR) is 101 cm³/mol. The lowest BCUT2D eigenvalue weighted by Gasteiger charge is -2.27. The molecule has 1 fully saturated rings. The summed E-state index contributed by atoms with van der Waals surface area (Å²) in [7, 11) is 0. The number of furan rings is 1. The summed E-state index contributed by atoms with van der Waals surface area (Å²) in [5.41, 5.74) is 0.394. The standard InChI is InChI=1S/C19H18Cl2N2O3/c20-13-6-7-15(16(21)11-13)18(24)22-17(12-14-5-4-10-26-14)19(25)23-8-2-1-3-9-23/h4-7,10-12H,1-3,8-9H2,(H,22,24)/b17-12-. The molecule has 1 aromatic heterocycles. The maximum Gasteiger partial charge on any atom is 0.270 e. The highest BCUT2D eigenvalue weighted by atomic mass is 35.5. The Bertz CT molecular complexity index is 825. The highest BCUT2D eigenvalue weighted by Gasteiger charge is 2.23. The number of rotatable bonds is 4. The van der Waals surface area contributed by atoms with Crippen molar-refractivity contribution in [3.63, 3.8) is 0 Å². The van der Waals surface area contributed by atoms with Crippen molar-refractivity contribution in [3.8, 4) is 0 Å². The van der Waals surface area contributed by atoms with E-state index >= 15 is 0 Å². The Labute approximate surface area is 161 Å². The zero-order valence-electron chi connectivity index (χ0n) is 14.0. The molecule has 1 aliphatic rings. The number of halogens is 2. The molecular formula is C19H18Cl2N2O3. The summed E-state index contributed by atoms with van der Waals surface area (Å²) < 4.78 is 5.29. The van der Waals surface area contributed by atoms with Crippen LogP contribution in [0.4, 0.5) is 0 Å². The predicted octanol–water partition coefficient (Wildman–Crippen LogP) is 4.37. The summed E-state index contributed by atoms with van der Waals surface area (Å²) >= 11 is 12.0. The van der Waals surface area contributed by atoms with Crippen molar-refractivity contribution in [3.05, 3.63) is 63.7 Å². The first-order chi connectivity index (χ1) is 12.5. The van der Waals surface area contributed by atoms with Crippen LogP contribution >= 0.6 is 23.2 Å². The molecule has 0 spiro atoms. The Morgan fingerprint density at radius 3 is 2.54 bits per heavy atom. The lowest BCUT2D eigenvalue weighted by Crippen LogP contribution is -2.41. The van der Waals surface area contributed by atoms with Crippen LogP contribution in [0.15, 0.2) is 46.7 Å². The third kappa shape index (κ3) is 4.48. The molecule has 1 N–H and O–H groups in total. The van der Waals surface area contributed by atoms with E-state index in [4.69, 9.17) is 27.6 Å². The molecule has 2 amide bonds. The molecule has 0 radical (unpaired) electrons. The molecular weight excluding hydrogens is 375 g/mol. The van der Waals surface area contributed by atoms with E-state index in [0.717, 1.165) is 19.3 Å². The van der Waals surface area contributed by atoms with Gasteiger partial charge >= 0.3 is 0 Å². The number of nitrogens with one attached hydrogen (secondary N) is 1. The maximum atomic E-state index is 12.9. The van der Waals surface area contributed by atoms with Crippen molar-refractivity contribution in [1.82, 2.24) is 10.2 Å². The first-order valence-corrected chi connectivity index (χ1v) is 9.11. The summed E-state index contributed by atoms with van der Waals surface area (Å²) in [6, 6.07) is 8.01. The average molecular weight is 393 g/mol. The van der Waals surface area contributed by atoms with Crippen LogP contribution in [0.25, 0.3) is 6.08 Å². The van der Waals surface area contributed by atoms with Gasteiger partial charge in [0.25, 0.3) is 11.8 Å². The van der Waals surface area contributed by atoms with E-state index in [1.165, 1.54) is 24.5 Å². The first kappa shape index (κ1) is 18.5. The fraction of sp³-hybridized carbons (Fsp3) is 0.263. The van der Waals surface area contributed by atoms with E-state index in [1.54, 1.807) is 23.1 Å². The van der Waals surface area contributed by atoms with Crippen molar-refractivity contribution in [1.29, 1.82) is 0 Å². The number of hydrogen-bond donors (Lipinski definition) is 1. The normalized spacial score (nSPS) is 15.0. The zero-order valence-corrected chi connectivity index (χ0v) is 15.5. The smallest absolute Gasteiger partial charge is 0.270 e. The molecule has 7 heteroatoms. The molecule has 0 unspecified atom stereocenters. The van der Waals surface area contributed by atoms with E-state index < -0.39 is 5.91 Å². The second-order valence-electron chi connectivity index (χ2n) is 6.00. The van der Waals surface area contributed by atoms with Gasteiger partial charge in [0.2, 0.25) is 0 Å². The van der Waals surface area contributed by atoms with Crippen LogP contribution in [-0.4, -0.2) is 29.8 Å². The Kier molecular flexibility index (Phi) is 6.01. The third-order valence-electron chi connectivity index (χ3n) is 4.13. The van der Waals surface area contributed by atoms with Crippen LogP contribution in [0.5, 0.6) is 0 Å². The van der Waals surface area contributed by atoms with Crippen LogP contribution in [0.1, 0.15) is 35.4 Å². The van der Waals surface area contributed by atoms with E-state index in [-0.39, 0.29) is 22.2 Å². The molecule has 0 saturated carbocycles. The second-order valence-corrected chi connectivity index (χ2v) is 6.85. The number of benzene rings is 1. The zero-order chi connectivity index (χ0) is 18.5. The minimum Gasteiger partial charge on any atom is -0.465 e. The molecule has 5 nitrogen and oxygen atoms in total. The Morgan fingerprint density at radius 1 is 1.12 bits per heavy atom. The number of hydrogen-bond acceptors (Lipinski definition) is 3. The van der Waals surface area contributed by atoms with Gasteiger partial charge in [-0.05, 0) is 49.6 Å². The van der Waals surface area contributed by atoms with Gasteiger partial charge in [-0.3, -0.25) is 9.59 Å². The molecule has 0 aliphatic carbocycles. The van der Waals surface area contributed by atoms with Gasteiger partial charge < -0.3 is 14.6 Å². The molecule has 0 atom stereocenters. The molecule has 1 aromatic carbocycles. The highest BCUT2D eigenvalue weighted by Crippen LogP contribution is 2.22. The molecule has 0 bridgehead atoms. The number of piperidine rings is 1. The Balaban J connectivity index is 1.85. The summed E-state index contributed by atoms with van der Waals surface area (Å²) in [5, 5.41) is 3.33. The van der Waals surface area contributed by atoms with Crippen LogP contribution in [0, 0.1) is 0 Å². The molecule has 2 aromatic rings. The van der Waals surface area contributed by atoms with Crippen LogP contribution in [0.2, 0.25) is 10.0 Å². The first-order valence-electron chi connectivity index (χ1n) is 8.35. The maximum absolute atomic E-state index is 12.9. The number of nitrogens with zero attached hydrogens (tertiary/aromatic N) is 1. The van der Waals surface area contributed by atoms with Gasteiger partial charge in [-0.2, -0.15) is 0 Å². The van der Waals surface area contributed by atoms with E-state index in [1.807, 2.05) is 0 Å².